The van der Waals surface area contributed by atoms with Crippen LogP contribution in [-0.2, 0) is 82.7 Å². The maximum atomic E-state index is 15.0. The number of aromatic nitrogens is 2. The lowest BCUT2D eigenvalue weighted by Crippen LogP contribution is -2.39. The van der Waals surface area contributed by atoms with E-state index in [-0.39, 0.29) is 31.1 Å². The minimum atomic E-state index is -1.11. The second-order valence-electron chi connectivity index (χ2n) is 26.6. The van der Waals surface area contributed by atoms with Gasteiger partial charge in [0.2, 0.25) is 23.6 Å². The summed E-state index contributed by atoms with van der Waals surface area (Å²) >= 11 is 0. The zero-order chi connectivity index (χ0) is 72.3. The van der Waals surface area contributed by atoms with Crippen LogP contribution in [-0.4, -0.2) is 95.0 Å². The van der Waals surface area contributed by atoms with Crippen molar-refractivity contribution in [3.8, 4) is 17.2 Å². The fraction of sp³-hybridized carbons (Fsp3) is 0.284. The molecule has 10 aromatic rings. The van der Waals surface area contributed by atoms with Crippen LogP contribution in [0.15, 0.2) is 200 Å². The number of carbonyl (C=O) groups excluding carboxylic acids is 6. The number of para-hydroxylation sites is 2. The zero-order valence-electron chi connectivity index (χ0n) is 57.2. The summed E-state index contributed by atoms with van der Waals surface area (Å²) < 4.78 is 42.7. The fourth-order valence-electron chi connectivity index (χ4n) is 14.2. The Kier molecular flexibility index (Phi) is 22.0. The molecule has 21 nitrogen and oxygen atoms in total. The highest BCUT2D eigenvalue weighted by Crippen LogP contribution is 2.58. The summed E-state index contributed by atoms with van der Waals surface area (Å²) in [5, 5.41) is 34.4. The van der Waals surface area contributed by atoms with Gasteiger partial charge in [0.1, 0.15) is 37.1 Å². The van der Waals surface area contributed by atoms with Gasteiger partial charge in [-0.3, -0.25) is 49.4 Å². The Morgan fingerprint density at radius 2 is 1.08 bits per heavy atom. The van der Waals surface area contributed by atoms with Crippen molar-refractivity contribution in [1.82, 2.24) is 31.7 Å². The van der Waals surface area contributed by atoms with E-state index in [4.69, 9.17) is 39.1 Å². The Morgan fingerprint density at radius 1 is 0.515 bits per heavy atom. The second kappa shape index (κ2) is 31.7. The standard InChI is InChI=1S/C30H29N3O4.C27H28FN3O5.C24H23NO5/c1-20-16-22(25-12-5-6-13-27(25)32-20)19-37-24-11-7-10-23(17-24)30(18-26(30)28(34)33-36)29(35)31-15-14-21-8-3-2-4-9-21;1-35-26(33)27(15-20(27)25(32)30-34)14-17-8-9-23(21(28)12-17)36-16-18-13-24(31-10-4-5-11-31)29-22-7-3-2-6-19(18)22;1-29-23(27)24(14-21(24)22(26)25-28)13-16-7-10-20(11-8-16)30-15-17-6-9-18-4-2-3-5-19(18)12-17/h2-13,16-17,26,36H,14-15,18-19H2,1H3,(H,31,35)(H,33,34);2-3,6-9,12-13,20,34H,4-5,10-11,14-16H2,1H3,(H,30,32);2-12,21,28H,13-15H2,1H3,(H,25,26)/t26-,30-;20-,27+;21-,24+/m011/s1. The molecule has 530 valence electrons. The molecule has 22 heteroatoms. The van der Waals surface area contributed by atoms with Gasteiger partial charge in [-0.1, -0.05) is 133 Å². The van der Waals surface area contributed by atoms with Gasteiger partial charge in [0.25, 0.3) is 0 Å². The van der Waals surface area contributed by atoms with Crippen molar-refractivity contribution in [2.24, 2.45) is 28.6 Å². The minimum Gasteiger partial charge on any atom is -0.489 e. The number of anilines is 1. The number of hydrogen-bond acceptors (Lipinski definition) is 17. The van der Waals surface area contributed by atoms with E-state index in [1.165, 1.54) is 37.1 Å². The fourth-order valence-corrected chi connectivity index (χ4v) is 14.2. The van der Waals surface area contributed by atoms with Gasteiger partial charge < -0.3 is 33.9 Å². The van der Waals surface area contributed by atoms with E-state index in [0.717, 1.165) is 92.8 Å². The van der Waals surface area contributed by atoms with Crippen LogP contribution in [0.3, 0.4) is 0 Å². The van der Waals surface area contributed by atoms with Crippen molar-refractivity contribution in [1.29, 1.82) is 0 Å². The molecule has 8 aromatic carbocycles. The van der Waals surface area contributed by atoms with Gasteiger partial charge in [0, 0.05) is 47.2 Å². The summed E-state index contributed by atoms with van der Waals surface area (Å²) in [5.74, 6) is -3.22. The van der Waals surface area contributed by atoms with Gasteiger partial charge >= 0.3 is 11.9 Å². The van der Waals surface area contributed by atoms with Crippen molar-refractivity contribution in [2.45, 2.75) is 83.5 Å². The average molecular weight is 1390 g/mol. The van der Waals surface area contributed by atoms with Crippen LogP contribution in [0.2, 0.25) is 0 Å². The largest absolute Gasteiger partial charge is 0.489 e. The maximum Gasteiger partial charge on any atom is 0.312 e. The van der Waals surface area contributed by atoms with Crippen molar-refractivity contribution < 1.29 is 72.5 Å². The molecule has 3 saturated carbocycles. The Bertz CT molecular complexity index is 4770. The third kappa shape index (κ3) is 16.1. The third-order valence-corrected chi connectivity index (χ3v) is 20.0. The number of esters is 2. The Balaban J connectivity index is 0.000000146. The predicted molar refractivity (Wildman–Crippen MR) is 381 cm³/mol. The molecule has 2 aromatic heterocycles. The molecule has 1 saturated heterocycles. The van der Waals surface area contributed by atoms with Crippen molar-refractivity contribution in [3.63, 3.8) is 0 Å². The van der Waals surface area contributed by atoms with Crippen LogP contribution < -0.4 is 40.9 Å². The first-order valence-electron chi connectivity index (χ1n) is 34.2. The number of ether oxygens (including phenoxy) is 5. The molecule has 1 aliphatic heterocycles. The molecule has 0 spiro atoms. The molecule has 14 rings (SSSR count). The summed E-state index contributed by atoms with van der Waals surface area (Å²) in [6.07, 6.45) is 4.33. The van der Waals surface area contributed by atoms with E-state index >= 15 is 4.39 Å². The van der Waals surface area contributed by atoms with Gasteiger partial charge in [-0.05, 0) is 164 Å². The number of methoxy groups -OCH3 is 2. The number of benzene rings is 8. The lowest BCUT2D eigenvalue weighted by molar-refractivity contribution is -0.150. The molecule has 103 heavy (non-hydrogen) atoms. The number of carbonyl (C=O) groups is 6. The summed E-state index contributed by atoms with van der Waals surface area (Å²) in [5.41, 5.74) is 10.8. The molecular formula is C81H80FN7O14. The van der Waals surface area contributed by atoms with Gasteiger partial charge in [-0.2, -0.15) is 0 Å². The predicted octanol–water partition coefficient (Wildman–Crippen LogP) is 11.7. The highest BCUT2D eigenvalue weighted by Gasteiger charge is 2.66. The molecule has 0 bridgehead atoms. The third-order valence-electron chi connectivity index (χ3n) is 20.0. The van der Waals surface area contributed by atoms with Crippen LogP contribution >= 0.6 is 0 Å². The smallest absolute Gasteiger partial charge is 0.312 e. The molecule has 3 heterocycles. The first-order chi connectivity index (χ1) is 50.0. The number of hydrogen-bond donors (Lipinski definition) is 7. The van der Waals surface area contributed by atoms with Crippen molar-refractivity contribution >= 4 is 74.0 Å². The van der Waals surface area contributed by atoms with Crippen LogP contribution in [0.4, 0.5) is 10.2 Å². The van der Waals surface area contributed by atoms with Crippen LogP contribution in [0, 0.1) is 41.3 Å². The minimum absolute atomic E-state index is 0.0925. The molecule has 4 fully saturated rings. The quantitative estimate of drug-likeness (QED) is 0.0168. The Morgan fingerprint density at radius 3 is 1.73 bits per heavy atom. The highest BCUT2D eigenvalue weighted by atomic mass is 19.1. The molecule has 0 unspecified atom stereocenters. The van der Waals surface area contributed by atoms with E-state index in [1.54, 1.807) is 22.5 Å². The normalized spacial score (nSPS) is 19.6. The molecule has 6 atom stereocenters. The number of fused-ring (bicyclic) bond motifs is 3. The van der Waals surface area contributed by atoms with E-state index in [0.29, 0.717) is 62.3 Å². The second-order valence-corrected chi connectivity index (χ2v) is 26.6. The van der Waals surface area contributed by atoms with Crippen molar-refractivity contribution in [3.05, 3.63) is 251 Å². The molecule has 4 aliphatic rings. The summed E-state index contributed by atoms with van der Waals surface area (Å²) in [6.45, 7) is 5.30. The van der Waals surface area contributed by atoms with E-state index in [9.17, 15) is 34.0 Å². The first-order valence-corrected chi connectivity index (χ1v) is 34.2. The number of pyridine rings is 2. The number of hydroxylamine groups is 3. The van der Waals surface area contributed by atoms with Gasteiger partial charge in [0.15, 0.2) is 11.6 Å². The zero-order valence-corrected chi connectivity index (χ0v) is 57.2. The molecular weight excluding hydrogens is 1310 g/mol. The lowest BCUT2D eigenvalue weighted by Gasteiger charge is -2.19. The van der Waals surface area contributed by atoms with Crippen LogP contribution in [0.25, 0.3) is 32.6 Å². The number of aryl methyl sites for hydroxylation is 1. The lowest BCUT2D eigenvalue weighted by atomic mass is 9.91. The van der Waals surface area contributed by atoms with E-state index < -0.39 is 69.5 Å². The Hall–Kier alpha value is -11.3. The Labute approximate surface area is 594 Å². The first kappa shape index (κ1) is 71.5. The summed E-state index contributed by atoms with van der Waals surface area (Å²) in [4.78, 5) is 85.6. The van der Waals surface area contributed by atoms with Crippen LogP contribution in [0.5, 0.6) is 17.2 Å². The summed E-state index contributed by atoms with van der Waals surface area (Å²) in [6, 6.07) is 63.4. The average Bonchev–Trinajstić information content (AvgIpc) is 1.57. The monoisotopic (exact) mass is 1390 g/mol. The van der Waals surface area contributed by atoms with E-state index in [2.05, 4.69) is 45.5 Å². The number of rotatable bonds is 24. The highest BCUT2D eigenvalue weighted by molar-refractivity contribution is 6.01. The van der Waals surface area contributed by atoms with Gasteiger partial charge in [-0.25, -0.2) is 25.8 Å². The van der Waals surface area contributed by atoms with Gasteiger partial charge in [-0.15, -0.1) is 0 Å². The molecule has 4 amide bonds. The van der Waals surface area contributed by atoms with E-state index in [1.807, 2.05) is 159 Å². The molecule has 3 aliphatic carbocycles. The number of nitrogens with zero attached hydrogens (tertiary/aromatic N) is 3. The number of amides is 4. The van der Waals surface area contributed by atoms with Crippen LogP contribution in [0.1, 0.15) is 76.7 Å². The molecule has 0 radical (unpaired) electrons. The maximum absolute atomic E-state index is 15.0. The number of halogens is 1. The molecule has 7 N–H and O–H groups in total. The summed E-state index contributed by atoms with van der Waals surface area (Å²) in [7, 11) is 2.55. The van der Waals surface area contributed by atoms with Gasteiger partial charge in [0.05, 0.1) is 59.3 Å². The SMILES string of the molecule is COC(=O)[C@@]1(Cc2ccc(OCc3cc(N4CCCC4)nc4ccccc34)c(F)c2)C[C@@H]1C(=O)NO.COC(=O)[C@@]1(Cc2ccc(OCc3ccc4ccccc4c3)cc2)C[C@@H]1C(=O)NO.Cc1cc(COc2cccc([C@@]3(C(=O)NCCc4ccccc4)C[C@H]3C(=O)NO)c2)c2ccccc2n1. The number of nitrogens with one attached hydrogen (secondary N) is 4. The topological polar surface area (TPSA) is 286 Å². The van der Waals surface area contributed by atoms with Crippen molar-refractivity contribution in [2.75, 3.05) is 38.8 Å².